The van der Waals surface area contributed by atoms with Crippen molar-refractivity contribution >= 4 is 29.4 Å². The molecule has 2 amide bonds. The van der Waals surface area contributed by atoms with E-state index in [0.717, 1.165) is 24.3 Å². The third-order valence-electron chi connectivity index (χ3n) is 5.12. The number of nitrogens with one attached hydrogen (secondary N) is 4. The minimum absolute atomic E-state index is 0.0716. The molecule has 0 radical (unpaired) electrons. The zero-order valence-electron chi connectivity index (χ0n) is 16.7. The van der Waals surface area contributed by atoms with Crippen LogP contribution in [0.1, 0.15) is 31.5 Å². The van der Waals surface area contributed by atoms with Gasteiger partial charge in [0.2, 0.25) is 0 Å². The van der Waals surface area contributed by atoms with Crippen molar-refractivity contribution in [1.29, 1.82) is 5.41 Å². The molecule has 1 saturated heterocycles. The summed E-state index contributed by atoms with van der Waals surface area (Å²) in [7, 11) is 2.06. The Morgan fingerprint density at radius 2 is 2.14 bits per heavy atom. The van der Waals surface area contributed by atoms with Gasteiger partial charge >= 0.3 is 6.03 Å². The predicted octanol–water partition coefficient (Wildman–Crippen LogP) is 3.13. The van der Waals surface area contributed by atoms with E-state index in [-0.39, 0.29) is 17.6 Å². The quantitative estimate of drug-likeness (QED) is 0.596. The number of nitrogens with zero attached hydrogens (tertiary/aromatic N) is 3. The Bertz CT molecular complexity index is 881. The lowest BCUT2D eigenvalue weighted by Gasteiger charge is -2.26. The maximum atomic E-state index is 12.3. The van der Waals surface area contributed by atoms with E-state index in [1.165, 1.54) is 6.21 Å². The molecule has 3 rings (SSSR count). The molecule has 2 aromatic heterocycles. The second-order valence-electron chi connectivity index (χ2n) is 7.80. The fourth-order valence-electron chi connectivity index (χ4n) is 3.38. The second-order valence-corrected chi connectivity index (χ2v) is 7.80. The van der Waals surface area contributed by atoms with Crippen LogP contribution in [0.5, 0.6) is 0 Å². The summed E-state index contributed by atoms with van der Waals surface area (Å²) in [5, 5.41) is 16.7. The van der Waals surface area contributed by atoms with Crippen LogP contribution in [0.15, 0.2) is 30.6 Å². The van der Waals surface area contributed by atoms with Crippen LogP contribution >= 0.6 is 0 Å². The minimum atomic E-state index is -0.287. The van der Waals surface area contributed by atoms with Gasteiger partial charge < -0.3 is 16.0 Å². The average Bonchev–Trinajstić information content (AvgIpc) is 2.87. The predicted molar refractivity (Wildman–Crippen MR) is 112 cm³/mol. The lowest BCUT2D eigenvalue weighted by Crippen LogP contribution is -2.39. The maximum Gasteiger partial charge on any atom is 0.320 e. The molecule has 0 bridgehead atoms. The van der Waals surface area contributed by atoms with Gasteiger partial charge in [-0.3, -0.25) is 15.2 Å². The van der Waals surface area contributed by atoms with E-state index in [0.29, 0.717) is 17.1 Å². The van der Waals surface area contributed by atoms with Crippen molar-refractivity contribution in [1.82, 2.24) is 20.2 Å². The summed E-state index contributed by atoms with van der Waals surface area (Å²) >= 11 is 0. The molecule has 1 aliphatic heterocycles. The van der Waals surface area contributed by atoms with E-state index in [1.807, 2.05) is 19.1 Å². The summed E-state index contributed by atoms with van der Waals surface area (Å²) in [4.78, 5) is 23.0. The van der Waals surface area contributed by atoms with Crippen molar-refractivity contribution in [2.75, 3.05) is 24.2 Å². The average molecular weight is 381 g/mol. The van der Waals surface area contributed by atoms with Crippen LogP contribution in [0.3, 0.4) is 0 Å². The fourth-order valence-corrected chi connectivity index (χ4v) is 3.38. The number of likely N-dealkylation sites (N-methyl/N-ethyl adjacent to an activating group) is 1. The van der Waals surface area contributed by atoms with Crippen molar-refractivity contribution in [3.63, 3.8) is 0 Å². The summed E-state index contributed by atoms with van der Waals surface area (Å²) in [6, 6.07) is 5.24. The van der Waals surface area contributed by atoms with Gasteiger partial charge in [0.1, 0.15) is 5.82 Å². The van der Waals surface area contributed by atoms with Crippen LogP contribution in [0, 0.1) is 12.3 Å². The van der Waals surface area contributed by atoms with E-state index in [9.17, 15) is 4.79 Å². The number of pyridine rings is 2. The normalized spacial score (nSPS) is 18.5. The number of anilines is 3. The van der Waals surface area contributed by atoms with E-state index < -0.39 is 0 Å². The Morgan fingerprint density at radius 1 is 1.36 bits per heavy atom. The summed E-state index contributed by atoms with van der Waals surface area (Å²) in [6.45, 7) is 7.06. The van der Waals surface area contributed by atoms with Crippen LogP contribution in [0.2, 0.25) is 0 Å². The van der Waals surface area contributed by atoms with Crippen molar-refractivity contribution in [2.24, 2.45) is 0 Å². The van der Waals surface area contributed by atoms with Crippen molar-refractivity contribution in [3.8, 4) is 0 Å². The third-order valence-corrected chi connectivity index (χ3v) is 5.12. The standard InChI is InChI=1S/C20H27N7O/c1-13-7-15(5-6-22-13)24-17-11-23-18(8-14(17)10-21)26-19(28)25-16-9-20(2,3)27(4)12-16/h5-8,10-11,16,21H,9,12H2,1-4H3,(H,22,24)(H2,23,25,26,28). The zero-order chi connectivity index (χ0) is 20.3. The van der Waals surface area contributed by atoms with Gasteiger partial charge in [-0.2, -0.15) is 0 Å². The van der Waals surface area contributed by atoms with Gasteiger partial charge in [-0.25, -0.2) is 9.78 Å². The van der Waals surface area contributed by atoms with E-state index in [1.54, 1.807) is 18.5 Å². The molecule has 1 atom stereocenters. The number of aryl methyl sites for hydroxylation is 1. The Hall–Kier alpha value is -3.00. The molecule has 0 aliphatic carbocycles. The highest BCUT2D eigenvalue weighted by Gasteiger charge is 2.36. The van der Waals surface area contributed by atoms with Crippen LogP contribution < -0.4 is 16.0 Å². The van der Waals surface area contributed by atoms with Crippen LogP contribution in [0.25, 0.3) is 0 Å². The molecule has 1 unspecified atom stereocenters. The van der Waals surface area contributed by atoms with Crippen molar-refractivity contribution in [2.45, 2.75) is 38.8 Å². The number of amides is 2. The smallest absolute Gasteiger partial charge is 0.320 e. The maximum absolute atomic E-state index is 12.3. The van der Waals surface area contributed by atoms with E-state index in [2.05, 4.69) is 51.7 Å². The first-order valence-electron chi connectivity index (χ1n) is 9.26. The summed E-state index contributed by atoms with van der Waals surface area (Å²) < 4.78 is 0. The van der Waals surface area contributed by atoms with Crippen molar-refractivity contribution in [3.05, 3.63) is 41.9 Å². The van der Waals surface area contributed by atoms with Crippen LogP contribution in [0.4, 0.5) is 22.0 Å². The molecule has 2 aromatic rings. The lowest BCUT2D eigenvalue weighted by atomic mass is 10.0. The van der Waals surface area contributed by atoms with Crippen LogP contribution in [-0.4, -0.2) is 52.3 Å². The highest BCUT2D eigenvalue weighted by Crippen LogP contribution is 2.26. The monoisotopic (exact) mass is 381 g/mol. The number of urea groups is 1. The molecule has 0 aromatic carbocycles. The highest BCUT2D eigenvalue weighted by atomic mass is 16.2. The number of hydrogen-bond donors (Lipinski definition) is 4. The molecule has 0 saturated carbocycles. The Kier molecular flexibility index (Phi) is 5.60. The molecule has 0 spiro atoms. The molecule has 148 valence electrons. The highest BCUT2D eigenvalue weighted by molar-refractivity contribution is 5.92. The first-order valence-corrected chi connectivity index (χ1v) is 9.26. The summed E-state index contributed by atoms with van der Waals surface area (Å²) in [5.74, 6) is 0.401. The van der Waals surface area contributed by atoms with Gasteiger partial charge in [0.25, 0.3) is 0 Å². The van der Waals surface area contributed by atoms with Gasteiger partial charge in [-0.15, -0.1) is 0 Å². The van der Waals surface area contributed by atoms with E-state index >= 15 is 0 Å². The third kappa shape index (κ3) is 4.64. The molecule has 1 aliphatic rings. The Balaban J connectivity index is 1.65. The lowest BCUT2D eigenvalue weighted by molar-refractivity contribution is 0.218. The Morgan fingerprint density at radius 3 is 2.79 bits per heavy atom. The number of aromatic nitrogens is 2. The van der Waals surface area contributed by atoms with Crippen molar-refractivity contribution < 1.29 is 4.79 Å². The van der Waals surface area contributed by atoms with E-state index in [4.69, 9.17) is 5.41 Å². The van der Waals surface area contributed by atoms with Gasteiger partial charge in [0, 0.05) is 47.5 Å². The van der Waals surface area contributed by atoms with Gasteiger partial charge in [0.15, 0.2) is 0 Å². The molecular weight excluding hydrogens is 354 g/mol. The zero-order valence-corrected chi connectivity index (χ0v) is 16.7. The molecule has 1 fully saturated rings. The van der Waals surface area contributed by atoms with Gasteiger partial charge in [0.05, 0.1) is 11.9 Å². The van der Waals surface area contributed by atoms with Gasteiger partial charge in [-0.1, -0.05) is 0 Å². The first kappa shape index (κ1) is 19.8. The molecule has 8 nitrogen and oxygen atoms in total. The Labute approximate surface area is 165 Å². The van der Waals surface area contributed by atoms with Gasteiger partial charge in [-0.05, 0) is 52.4 Å². The SMILES string of the molecule is Cc1cc(Nc2cnc(NC(=O)NC3CN(C)C(C)(C)C3)cc2C=N)ccn1. The summed E-state index contributed by atoms with van der Waals surface area (Å²) in [5.41, 5.74) is 3.14. The second kappa shape index (κ2) is 7.93. The number of carbonyl (C=O) groups excluding carboxylic acids is 1. The molecule has 3 heterocycles. The molecular formula is C20H27N7O. The number of likely N-dealkylation sites (tertiary alicyclic amines) is 1. The molecule has 8 heteroatoms. The first-order chi connectivity index (χ1) is 13.3. The number of hydrogen-bond acceptors (Lipinski definition) is 6. The molecule has 28 heavy (non-hydrogen) atoms. The number of carbonyl (C=O) groups is 1. The molecule has 4 N–H and O–H groups in total. The minimum Gasteiger partial charge on any atom is -0.354 e. The fraction of sp³-hybridized carbons (Fsp3) is 0.400. The van der Waals surface area contributed by atoms with Crippen LogP contribution in [-0.2, 0) is 0 Å². The number of rotatable bonds is 5. The largest absolute Gasteiger partial charge is 0.354 e. The topological polar surface area (TPSA) is 106 Å². The summed E-state index contributed by atoms with van der Waals surface area (Å²) in [6.07, 6.45) is 5.45.